The van der Waals surface area contributed by atoms with E-state index in [9.17, 15) is 13.6 Å². The van der Waals surface area contributed by atoms with Crippen molar-refractivity contribution in [1.29, 1.82) is 0 Å². The normalized spacial score (nSPS) is 22.5. The van der Waals surface area contributed by atoms with Crippen LogP contribution in [0.1, 0.15) is 30.6 Å². The number of hydrogen-bond donors (Lipinski definition) is 1. The molecule has 0 saturated heterocycles. The summed E-state index contributed by atoms with van der Waals surface area (Å²) in [7, 11) is 0. The first-order valence-electron chi connectivity index (χ1n) is 5.70. The van der Waals surface area contributed by atoms with Gasteiger partial charge in [0, 0.05) is 0 Å². The molecule has 1 aliphatic rings. The fourth-order valence-corrected chi connectivity index (χ4v) is 2.71. The van der Waals surface area contributed by atoms with Gasteiger partial charge < -0.3 is 5.73 Å². The highest BCUT2D eigenvalue weighted by molar-refractivity contribution is 8.15. The van der Waals surface area contributed by atoms with Gasteiger partial charge in [-0.3, -0.25) is 4.79 Å². The quantitative estimate of drug-likeness (QED) is 0.908. The summed E-state index contributed by atoms with van der Waals surface area (Å²) in [5.41, 5.74) is 4.99. The number of nitrogens with two attached hydrogens (primary N) is 1. The Balaban J connectivity index is 2.44. The van der Waals surface area contributed by atoms with Crippen molar-refractivity contribution in [2.45, 2.75) is 25.1 Å². The molecule has 7 heteroatoms. The highest BCUT2D eigenvalue weighted by Crippen LogP contribution is 2.39. The van der Waals surface area contributed by atoms with Crippen LogP contribution < -0.4 is 5.73 Å². The Hall–Kier alpha value is -1.63. The van der Waals surface area contributed by atoms with Gasteiger partial charge in [-0.1, -0.05) is 24.8 Å². The summed E-state index contributed by atoms with van der Waals surface area (Å²) in [6.07, 6.45) is 0.545. The first-order chi connectivity index (χ1) is 8.89. The van der Waals surface area contributed by atoms with Crippen LogP contribution in [0, 0.1) is 11.6 Å². The molecule has 4 nitrogen and oxygen atoms in total. The molecule has 102 valence electrons. The number of benzene rings is 1. The van der Waals surface area contributed by atoms with E-state index >= 15 is 0 Å². The number of hydrogen-bond acceptors (Lipinski definition) is 4. The Morgan fingerprint density at radius 3 is 2.58 bits per heavy atom. The van der Waals surface area contributed by atoms with Crippen molar-refractivity contribution in [2.75, 3.05) is 0 Å². The summed E-state index contributed by atoms with van der Waals surface area (Å²) in [6, 6.07) is 3.28. The maximum atomic E-state index is 13.6. The number of amides is 1. The molecule has 1 aromatic carbocycles. The van der Waals surface area contributed by atoms with Gasteiger partial charge in [-0.2, -0.15) is 0 Å². The third-order valence-electron chi connectivity index (χ3n) is 3.00. The summed E-state index contributed by atoms with van der Waals surface area (Å²) in [5.74, 6) is -2.64. The van der Waals surface area contributed by atoms with Gasteiger partial charge in [0.2, 0.25) is 0 Å². The van der Waals surface area contributed by atoms with Gasteiger partial charge in [-0.25, -0.2) is 13.8 Å². The van der Waals surface area contributed by atoms with Crippen LogP contribution in [0.15, 0.2) is 23.3 Å². The first-order valence-corrected chi connectivity index (χ1v) is 6.52. The van der Waals surface area contributed by atoms with Crippen molar-refractivity contribution in [1.82, 2.24) is 5.01 Å². The van der Waals surface area contributed by atoms with Gasteiger partial charge >= 0.3 is 0 Å². The number of carbonyl (C=O) groups excluding carboxylic acids is 1. The largest absolute Gasteiger partial charge is 0.377 e. The second-order valence-corrected chi connectivity index (χ2v) is 5.78. The van der Waals surface area contributed by atoms with E-state index in [0.717, 1.165) is 17.1 Å². The molecule has 0 saturated carbocycles. The molecule has 1 heterocycles. The Bertz CT molecular complexity index is 544. The summed E-state index contributed by atoms with van der Waals surface area (Å²) < 4.78 is 27.3. The average molecular weight is 285 g/mol. The number of carbonyl (C=O) groups is 1. The van der Waals surface area contributed by atoms with Crippen LogP contribution in [-0.2, 0) is 0 Å². The van der Waals surface area contributed by atoms with Gasteiger partial charge in [0.15, 0.2) is 5.17 Å². The number of thioether (sulfide) groups is 1. The lowest BCUT2D eigenvalue weighted by atomic mass is 10.1. The fourth-order valence-electron chi connectivity index (χ4n) is 1.78. The zero-order valence-electron chi connectivity index (χ0n) is 10.5. The van der Waals surface area contributed by atoms with E-state index in [-0.39, 0.29) is 5.17 Å². The first kappa shape index (κ1) is 13.8. The lowest BCUT2D eigenvalue weighted by molar-refractivity contribution is 0.0660. The summed E-state index contributed by atoms with van der Waals surface area (Å²) >= 11 is 1.20. The van der Waals surface area contributed by atoms with Crippen LogP contribution in [-0.4, -0.2) is 21.0 Å². The highest BCUT2D eigenvalue weighted by atomic mass is 32.2. The van der Waals surface area contributed by atoms with Crippen LogP contribution in [0.25, 0.3) is 0 Å². The minimum absolute atomic E-state index is 0.203. The molecule has 2 N–H and O–H groups in total. The van der Waals surface area contributed by atoms with Crippen LogP contribution in [0.2, 0.25) is 0 Å². The van der Waals surface area contributed by atoms with Gasteiger partial charge in [0.05, 0.1) is 0 Å². The molecule has 1 atom stereocenters. The summed E-state index contributed by atoms with van der Waals surface area (Å²) in [6.45, 7) is 3.59. The molecular weight excluding hydrogens is 272 g/mol. The van der Waals surface area contributed by atoms with E-state index in [2.05, 4.69) is 5.10 Å². The second-order valence-electron chi connectivity index (χ2n) is 4.28. The number of amidine groups is 1. The average Bonchev–Trinajstić information content (AvgIpc) is 2.65. The van der Waals surface area contributed by atoms with Crippen LogP contribution in [0.5, 0.6) is 0 Å². The number of nitrogens with zero attached hydrogens (tertiary/aromatic N) is 2. The lowest BCUT2D eigenvalue weighted by Gasteiger charge is -2.30. The van der Waals surface area contributed by atoms with E-state index in [1.165, 1.54) is 17.8 Å². The Labute approximate surface area is 113 Å². The molecule has 0 aromatic heterocycles. The number of halogens is 2. The van der Waals surface area contributed by atoms with E-state index in [4.69, 9.17) is 5.73 Å². The molecule has 0 aliphatic carbocycles. The second kappa shape index (κ2) is 4.80. The van der Waals surface area contributed by atoms with E-state index in [1.54, 1.807) is 6.92 Å². The zero-order valence-corrected chi connectivity index (χ0v) is 11.3. The molecule has 2 rings (SSSR count). The van der Waals surface area contributed by atoms with E-state index in [0.29, 0.717) is 6.42 Å². The molecule has 1 amide bonds. The third-order valence-corrected chi connectivity index (χ3v) is 4.19. The molecule has 0 radical (unpaired) electrons. The van der Waals surface area contributed by atoms with E-state index < -0.39 is 28.0 Å². The zero-order chi connectivity index (χ0) is 14.2. The van der Waals surface area contributed by atoms with Crippen LogP contribution in [0.4, 0.5) is 8.78 Å². The Morgan fingerprint density at radius 2 is 2.05 bits per heavy atom. The maximum Gasteiger partial charge on any atom is 0.281 e. The lowest BCUT2D eigenvalue weighted by Crippen LogP contribution is -2.41. The molecule has 0 unspecified atom stereocenters. The Kier molecular flexibility index (Phi) is 3.49. The van der Waals surface area contributed by atoms with Gasteiger partial charge in [-0.15, -0.1) is 5.10 Å². The fraction of sp³-hybridized carbons (Fsp3) is 0.333. The Morgan fingerprint density at radius 1 is 1.47 bits per heavy atom. The molecule has 1 aromatic rings. The van der Waals surface area contributed by atoms with Crippen molar-refractivity contribution in [2.24, 2.45) is 10.8 Å². The molecule has 0 spiro atoms. The predicted molar refractivity (Wildman–Crippen MR) is 70.4 cm³/mol. The predicted octanol–water partition coefficient (Wildman–Crippen LogP) is 2.51. The van der Waals surface area contributed by atoms with Crippen molar-refractivity contribution < 1.29 is 13.6 Å². The van der Waals surface area contributed by atoms with Gasteiger partial charge in [0.1, 0.15) is 22.1 Å². The van der Waals surface area contributed by atoms with Crippen molar-refractivity contribution in [3.05, 3.63) is 35.4 Å². The minimum Gasteiger partial charge on any atom is -0.377 e. The SMILES string of the molecule is CC[C@@]1(C)SC(N)=NN1C(=O)c1c(F)cccc1F. The smallest absolute Gasteiger partial charge is 0.281 e. The highest BCUT2D eigenvalue weighted by Gasteiger charge is 2.42. The molecule has 1 aliphatic heterocycles. The monoisotopic (exact) mass is 285 g/mol. The van der Waals surface area contributed by atoms with E-state index in [1.807, 2.05) is 6.92 Å². The van der Waals surface area contributed by atoms with Gasteiger partial charge in [0.25, 0.3) is 5.91 Å². The number of hydrazone groups is 1. The maximum absolute atomic E-state index is 13.6. The van der Waals surface area contributed by atoms with Gasteiger partial charge in [-0.05, 0) is 25.5 Å². The topological polar surface area (TPSA) is 58.7 Å². The van der Waals surface area contributed by atoms with Crippen LogP contribution >= 0.6 is 11.8 Å². The molecule has 0 bridgehead atoms. The van der Waals surface area contributed by atoms with Crippen LogP contribution in [0.3, 0.4) is 0 Å². The molecule has 19 heavy (non-hydrogen) atoms. The number of rotatable bonds is 2. The van der Waals surface area contributed by atoms with Crippen molar-refractivity contribution >= 4 is 22.8 Å². The summed E-state index contributed by atoms with van der Waals surface area (Å²) in [5, 5.41) is 5.13. The molecule has 0 fully saturated rings. The van der Waals surface area contributed by atoms with Crippen molar-refractivity contribution in [3.63, 3.8) is 0 Å². The van der Waals surface area contributed by atoms with Crippen molar-refractivity contribution in [3.8, 4) is 0 Å². The standard InChI is InChI=1S/C12H13F2N3OS/c1-3-12(2)17(16-11(15)19-12)10(18)9-7(13)5-4-6-8(9)14/h4-6H,3H2,1-2H3,(H2,15,16)/t12-/m1/s1. The molecular formula is C12H13F2N3OS. The summed E-state index contributed by atoms with van der Waals surface area (Å²) in [4.78, 5) is 11.6. The third kappa shape index (κ3) is 2.30. The minimum atomic E-state index is -0.908.